The quantitative estimate of drug-likeness (QED) is 0.736. The van der Waals surface area contributed by atoms with E-state index in [4.69, 9.17) is 5.11 Å². The van der Waals surface area contributed by atoms with Gasteiger partial charge in [-0.25, -0.2) is 9.59 Å². The molecule has 1 fully saturated rings. The molecule has 1 aromatic heterocycles. The molecule has 0 saturated carbocycles. The number of para-hydroxylation sites is 1. The van der Waals surface area contributed by atoms with Crippen LogP contribution >= 0.6 is 0 Å². The fraction of sp³-hybridized carbons (Fsp3) is 0.300. The molecule has 2 aromatic rings. The molecule has 8 nitrogen and oxygen atoms in total. The van der Waals surface area contributed by atoms with E-state index in [1.54, 1.807) is 17.0 Å². The zero-order valence-corrected chi connectivity index (χ0v) is 15.3. The van der Waals surface area contributed by atoms with E-state index in [0.29, 0.717) is 18.8 Å². The minimum absolute atomic E-state index is 0.0333. The number of rotatable bonds is 5. The number of hydrogen-bond acceptors (Lipinski definition) is 4. The van der Waals surface area contributed by atoms with Crippen molar-refractivity contribution >= 4 is 23.6 Å². The van der Waals surface area contributed by atoms with Crippen molar-refractivity contribution in [2.24, 2.45) is 0 Å². The molecule has 1 atom stereocenters. The monoisotopic (exact) mass is 382 g/mol. The molecular weight excluding hydrogens is 360 g/mol. The summed E-state index contributed by atoms with van der Waals surface area (Å²) in [5, 5.41) is 14.5. The van der Waals surface area contributed by atoms with E-state index < -0.39 is 5.97 Å². The smallest absolute Gasteiger partial charge is 0.337 e. The standard InChI is InChI=1S/C20H22N4O4/c25-18(17-10-9-14(12-21-17)19(26)27)24-11-5-4-8-16(24)13-22-20(28)23-15-6-2-1-3-7-15/h1-3,6-7,9-10,12,16H,4-5,8,11,13H2,(H,26,27)(H2,22,23,28). The summed E-state index contributed by atoms with van der Waals surface area (Å²) in [6.07, 6.45) is 3.82. The molecule has 1 aliphatic heterocycles. The third kappa shape index (κ3) is 4.85. The number of anilines is 1. The Bertz CT molecular complexity index is 839. The number of carboxylic acid groups (broad SMARTS) is 1. The van der Waals surface area contributed by atoms with E-state index in [2.05, 4.69) is 15.6 Å². The molecule has 0 radical (unpaired) electrons. The largest absolute Gasteiger partial charge is 0.478 e. The van der Waals surface area contributed by atoms with Gasteiger partial charge in [0.15, 0.2) is 0 Å². The van der Waals surface area contributed by atoms with Gasteiger partial charge in [0, 0.05) is 31.0 Å². The number of nitrogens with zero attached hydrogens (tertiary/aromatic N) is 2. The second-order valence-electron chi connectivity index (χ2n) is 6.59. The molecule has 0 bridgehead atoms. The van der Waals surface area contributed by atoms with Crippen LogP contribution in [-0.2, 0) is 0 Å². The summed E-state index contributed by atoms with van der Waals surface area (Å²) in [6, 6.07) is 11.5. The fourth-order valence-electron chi connectivity index (χ4n) is 3.18. The van der Waals surface area contributed by atoms with Crippen molar-refractivity contribution in [3.8, 4) is 0 Å². The first-order valence-corrected chi connectivity index (χ1v) is 9.15. The Kier molecular flexibility index (Phi) is 6.21. The summed E-state index contributed by atoms with van der Waals surface area (Å²) < 4.78 is 0. The van der Waals surface area contributed by atoms with E-state index in [1.807, 2.05) is 18.2 Å². The van der Waals surface area contributed by atoms with Gasteiger partial charge in [-0.2, -0.15) is 0 Å². The van der Waals surface area contributed by atoms with Gasteiger partial charge >= 0.3 is 12.0 Å². The van der Waals surface area contributed by atoms with Crippen LogP contribution in [0.15, 0.2) is 48.7 Å². The molecule has 0 spiro atoms. The molecule has 1 saturated heterocycles. The van der Waals surface area contributed by atoms with Gasteiger partial charge in [0.05, 0.1) is 5.56 Å². The first-order chi connectivity index (χ1) is 13.5. The highest BCUT2D eigenvalue weighted by atomic mass is 16.4. The van der Waals surface area contributed by atoms with E-state index in [-0.39, 0.29) is 29.2 Å². The van der Waals surface area contributed by atoms with Crippen LogP contribution in [0.4, 0.5) is 10.5 Å². The predicted molar refractivity (Wildman–Crippen MR) is 103 cm³/mol. The number of nitrogens with one attached hydrogen (secondary N) is 2. The lowest BCUT2D eigenvalue weighted by Gasteiger charge is -2.35. The molecule has 1 aliphatic rings. The minimum atomic E-state index is -1.09. The number of benzene rings is 1. The molecule has 28 heavy (non-hydrogen) atoms. The Labute approximate surface area is 162 Å². The highest BCUT2D eigenvalue weighted by Gasteiger charge is 2.28. The second kappa shape index (κ2) is 8.98. The number of pyridine rings is 1. The highest BCUT2D eigenvalue weighted by Crippen LogP contribution is 2.19. The zero-order valence-electron chi connectivity index (χ0n) is 15.3. The lowest BCUT2D eigenvalue weighted by atomic mass is 10.0. The SMILES string of the molecule is O=C(NCC1CCCCN1C(=O)c1ccc(C(=O)O)cn1)Nc1ccccc1. The van der Waals surface area contributed by atoms with Gasteiger partial charge in [-0.15, -0.1) is 0 Å². The van der Waals surface area contributed by atoms with Gasteiger partial charge in [-0.1, -0.05) is 18.2 Å². The number of carboxylic acids is 1. The Morgan fingerprint density at radius 3 is 2.57 bits per heavy atom. The number of aromatic nitrogens is 1. The average molecular weight is 382 g/mol. The van der Waals surface area contributed by atoms with Crippen molar-refractivity contribution in [3.63, 3.8) is 0 Å². The van der Waals surface area contributed by atoms with Gasteiger partial charge < -0.3 is 20.6 Å². The molecule has 1 unspecified atom stereocenters. The summed E-state index contributed by atoms with van der Waals surface area (Å²) in [7, 11) is 0. The van der Waals surface area contributed by atoms with E-state index in [1.165, 1.54) is 18.3 Å². The minimum Gasteiger partial charge on any atom is -0.478 e. The third-order valence-electron chi connectivity index (χ3n) is 4.65. The number of piperidine rings is 1. The number of likely N-dealkylation sites (tertiary alicyclic amines) is 1. The lowest BCUT2D eigenvalue weighted by molar-refractivity contribution is 0.0607. The van der Waals surface area contributed by atoms with Crippen molar-refractivity contribution in [2.45, 2.75) is 25.3 Å². The van der Waals surface area contributed by atoms with Gasteiger partial charge in [0.2, 0.25) is 0 Å². The molecule has 0 aliphatic carbocycles. The summed E-state index contributed by atoms with van der Waals surface area (Å²) in [4.78, 5) is 41.6. The first-order valence-electron chi connectivity index (χ1n) is 9.15. The molecule has 146 valence electrons. The maximum Gasteiger partial charge on any atom is 0.337 e. The normalized spacial score (nSPS) is 16.3. The van der Waals surface area contributed by atoms with Crippen molar-refractivity contribution in [2.75, 3.05) is 18.4 Å². The fourth-order valence-corrected chi connectivity index (χ4v) is 3.18. The zero-order chi connectivity index (χ0) is 19.9. The van der Waals surface area contributed by atoms with E-state index >= 15 is 0 Å². The van der Waals surface area contributed by atoms with E-state index in [9.17, 15) is 14.4 Å². The van der Waals surface area contributed by atoms with Gasteiger partial charge in [0.1, 0.15) is 5.69 Å². The molecule has 3 rings (SSSR count). The second-order valence-corrected chi connectivity index (χ2v) is 6.59. The third-order valence-corrected chi connectivity index (χ3v) is 4.65. The highest BCUT2D eigenvalue weighted by molar-refractivity contribution is 5.94. The lowest BCUT2D eigenvalue weighted by Crippen LogP contribution is -2.50. The molecule has 3 N–H and O–H groups in total. The summed E-state index contributed by atoms with van der Waals surface area (Å²) in [5.41, 5.74) is 0.927. The first kappa shape index (κ1) is 19.3. The summed E-state index contributed by atoms with van der Waals surface area (Å²) in [5.74, 6) is -1.34. The predicted octanol–water partition coefficient (Wildman–Crippen LogP) is 2.60. The van der Waals surface area contributed by atoms with Crippen molar-refractivity contribution in [3.05, 3.63) is 59.9 Å². The van der Waals surface area contributed by atoms with Crippen LogP contribution < -0.4 is 10.6 Å². The van der Waals surface area contributed by atoms with Crippen LogP contribution in [0.5, 0.6) is 0 Å². The Morgan fingerprint density at radius 2 is 1.89 bits per heavy atom. The van der Waals surface area contributed by atoms with Crippen LogP contribution in [-0.4, -0.2) is 52.0 Å². The van der Waals surface area contributed by atoms with Crippen LogP contribution in [0.2, 0.25) is 0 Å². The van der Waals surface area contributed by atoms with Crippen molar-refractivity contribution in [1.29, 1.82) is 0 Å². The average Bonchev–Trinajstić information content (AvgIpc) is 2.73. The number of aromatic carboxylic acids is 1. The number of amides is 3. The molecule has 2 heterocycles. The van der Waals surface area contributed by atoms with Gasteiger partial charge in [-0.3, -0.25) is 9.78 Å². The Hall–Kier alpha value is -3.42. The maximum absolute atomic E-state index is 12.8. The molecule has 3 amide bonds. The summed E-state index contributed by atoms with van der Waals surface area (Å²) >= 11 is 0. The van der Waals surface area contributed by atoms with Crippen molar-refractivity contribution < 1.29 is 19.5 Å². The number of carbonyl (C=O) groups excluding carboxylic acids is 2. The summed E-state index contributed by atoms with van der Waals surface area (Å²) in [6.45, 7) is 0.908. The van der Waals surface area contributed by atoms with Crippen LogP contribution in [0.3, 0.4) is 0 Å². The molecule has 1 aromatic carbocycles. The topological polar surface area (TPSA) is 112 Å². The Morgan fingerprint density at radius 1 is 1.11 bits per heavy atom. The Balaban J connectivity index is 1.60. The number of hydrogen-bond donors (Lipinski definition) is 3. The number of carbonyl (C=O) groups is 3. The molecule has 8 heteroatoms. The van der Waals surface area contributed by atoms with Crippen LogP contribution in [0, 0.1) is 0 Å². The maximum atomic E-state index is 12.8. The van der Waals surface area contributed by atoms with Crippen LogP contribution in [0.25, 0.3) is 0 Å². The van der Waals surface area contributed by atoms with Gasteiger partial charge in [0.25, 0.3) is 5.91 Å². The van der Waals surface area contributed by atoms with Gasteiger partial charge in [-0.05, 0) is 43.5 Å². The van der Waals surface area contributed by atoms with Crippen molar-refractivity contribution in [1.82, 2.24) is 15.2 Å². The number of urea groups is 1. The molecular formula is C20H22N4O4. The van der Waals surface area contributed by atoms with Crippen LogP contribution in [0.1, 0.15) is 40.1 Å². The van der Waals surface area contributed by atoms with E-state index in [0.717, 1.165) is 19.3 Å².